The van der Waals surface area contributed by atoms with Crippen LogP contribution in [0.2, 0.25) is 0 Å². The van der Waals surface area contributed by atoms with Gasteiger partial charge in [-0.05, 0) is 11.8 Å². The van der Waals surface area contributed by atoms with Gasteiger partial charge in [0.15, 0.2) is 5.13 Å². The molecule has 0 aliphatic rings. The number of carbonyl (C=O) groups is 1. The minimum atomic E-state index is -0.526. The fourth-order valence-corrected chi connectivity index (χ4v) is 1.86. The molecule has 1 amide bonds. The summed E-state index contributed by atoms with van der Waals surface area (Å²) in [4.78, 5) is 17.1. The molecule has 17 heavy (non-hydrogen) atoms. The summed E-state index contributed by atoms with van der Waals surface area (Å²) in [5, 5.41) is 3.37. The monoisotopic (exact) mass is 277 g/mol. The van der Waals surface area contributed by atoms with E-state index in [1.54, 1.807) is 6.20 Å². The summed E-state index contributed by atoms with van der Waals surface area (Å²) in [6.07, 6.45) is 2.71. The average molecular weight is 278 g/mol. The molecule has 6 heteroatoms. The predicted molar refractivity (Wildman–Crippen MR) is 74.8 cm³/mol. The highest BCUT2D eigenvalue weighted by atomic mass is 35.5. The van der Waals surface area contributed by atoms with E-state index in [4.69, 9.17) is 5.73 Å². The molecule has 0 fully saturated rings. The zero-order valence-corrected chi connectivity index (χ0v) is 12.2. The molecule has 1 atom stereocenters. The molecule has 0 aromatic carbocycles. The van der Waals surface area contributed by atoms with Gasteiger partial charge in [0, 0.05) is 11.1 Å². The van der Waals surface area contributed by atoms with E-state index < -0.39 is 6.04 Å². The SMILES string of the molecule is CCc1cnc(NC(=O)[C@@H](N)C(C)(C)C)s1.Cl. The Bertz CT molecular complexity index is 373. The van der Waals surface area contributed by atoms with Crippen molar-refractivity contribution in [2.75, 3.05) is 5.32 Å². The number of nitrogens with zero attached hydrogens (tertiary/aromatic N) is 1. The lowest BCUT2D eigenvalue weighted by Gasteiger charge is -2.25. The topological polar surface area (TPSA) is 68.0 Å². The van der Waals surface area contributed by atoms with Crippen LogP contribution in [0.4, 0.5) is 5.13 Å². The molecule has 0 radical (unpaired) electrons. The molecule has 3 N–H and O–H groups in total. The molecule has 0 bridgehead atoms. The van der Waals surface area contributed by atoms with Crippen LogP contribution in [0.25, 0.3) is 0 Å². The number of amides is 1. The first-order valence-corrected chi connectivity index (χ1v) is 6.17. The van der Waals surface area contributed by atoms with E-state index in [1.165, 1.54) is 11.3 Å². The second-order valence-electron chi connectivity index (χ2n) is 4.82. The van der Waals surface area contributed by atoms with Crippen LogP contribution in [0.15, 0.2) is 6.20 Å². The molecule has 0 aliphatic carbocycles. The highest BCUT2D eigenvalue weighted by molar-refractivity contribution is 7.15. The molecule has 0 spiro atoms. The molecule has 1 heterocycles. The molecular weight excluding hydrogens is 258 g/mol. The van der Waals surface area contributed by atoms with Gasteiger partial charge in [-0.15, -0.1) is 23.7 Å². The highest BCUT2D eigenvalue weighted by Crippen LogP contribution is 2.21. The fraction of sp³-hybridized carbons (Fsp3) is 0.636. The van der Waals surface area contributed by atoms with E-state index in [0.717, 1.165) is 11.3 Å². The third kappa shape index (κ3) is 4.61. The quantitative estimate of drug-likeness (QED) is 0.892. The molecule has 4 nitrogen and oxygen atoms in total. The van der Waals surface area contributed by atoms with Crippen molar-refractivity contribution < 1.29 is 4.79 Å². The summed E-state index contributed by atoms with van der Waals surface area (Å²) in [6.45, 7) is 7.88. The summed E-state index contributed by atoms with van der Waals surface area (Å²) < 4.78 is 0. The first-order chi connectivity index (χ1) is 7.34. The van der Waals surface area contributed by atoms with E-state index in [1.807, 2.05) is 20.8 Å². The summed E-state index contributed by atoms with van der Waals surface area (Å²) >= 11 is 1.49. The van der Waals surface area contributed by atoms with Gasteiger partial charge >= 0.3 is 0 Å². The minimum absolute atomic E-state index is 0. The zero-order chi connectivity index (χ0) is 12.3. The van der Waals surface area contributed by atoms with Crippen molar-refractivity contribution in [3.63, 3.8) is 0 Å². The van der Waals surface area contributed by atoms with Gasteiger partial charge in [-0.1, -0.05) is 27.7 Å². The third-order valence-electron chi connectivity index (χ3n) is 2.35. The van der Waals surface area contributed by atoms with Crippen molar-refractivity contribution >= 4 is 34.8 Å². The third-order valence-corrected chi connectivity index (χ3v) is 3.40. The number of anilines is 1. The number of carbonyl (C=O) groups excluding carboxylic acids is 1. The smallest absolute Gasteiger partial charge is 0.243 e. The lowest BCUT2D eigenvalue weighted by molar-refractivity contribution is -0.119. The van der Waals surface area contributed by atoms with Crippen molar-refractivity contribution in [2.45, 2.75) is 40.2 Å². The van der Waals surface area contributed by atoms with E-state index >= 15 is 0 Å². The largest absolute Gasteiger partial charge is 0.319 e. The van der Waals surface area contributed by atoms with Gasteiger partial charge in [-0.25, -0.2) is 4.98 Å². The van der Waals surface area contributed by atoms with Crippen LogP contribution in [0.5, 0.6) is 0 Å². The van der Waals surface area contributed by atoms with Crippen LogP contribution in [0.3, 0.4) is 0 Å². The standard InChI is InChI=1S/C11H19N3OS.ClH/c1-5-7-6-13-10(16-7)14-9(15)8(12)11(2,3)4;/h6,8H,5,12H2,1-4H3,(H,13,14,15);1H/t8-;/m1./s1. The number of aryl methyl sites for hydroxylation is 1. The summed E-state index contributed by atoms with van der Waals surface area (Å²) in [5.41, 5.74) is 5.61. The second-order valence-corrected chi connectivity index (χ2v) is 5.93. The van der Waals surface area contributed by atoms with Crippen molar-refractivity contribution in [3.8, 4) is 0 Å². The van der Waals surface area contributed by atoms with Crippen molar-refractivity contribution in [2.24, 2.45) is 11.1 Å². The van der Waals surface area contributed by atoms with Crippen molar-refractivity contribution in [3.05, 3.63) is 11.1 Å². The Kier molecular flexibility index (Phi) is 6.09. The Morgan fingerprint density at radius 1 is 1.59 bits per heavy atom. The minimum Gasteiger partial charge on any atom is -0.319 e. The summed E-state index contributed by atoms with van der Waals surface area (Å²) in [6, 6.07) is -0.526. The van der Waals surface area contributed by atoms with Gasteiger partial charge in [-0.3, -0.25) is 4.79 Å². The first kappa shape index (κ1) is 16.4. The maximum atomic E-state index is 11.8. The maximum absolute atomic E-state index is 11.8. The van der Waals surface area contributed by atoms with Gasteiger partial charge in [0.25, 0.3) is 0 Å². The van der Waals surface area contributed by atoms with Gasteiger partial charge in [0.05, 0.1) is 6.04 Å². The van der Waals surface area contributed by atoms with Gasteiger partial charge in [0.2, 0.25) is 5.91 Å². The molecular formula is C11H20ClN3OS. The molecule has 0 aliphatic heterocycles. The van der Waals surface area contributed by atoms with Crippen molar-refractivity contribution in [1.82, 2.24) is 4.98 Å². The predicted octanol–water partition coefficient (Wildman–Crippen LogP) is 2.44. The van der Waals surface area contributed by atoms with E-state index in [0.29, 0.717) is 5.13 Å². The first-order valence-electron chi connectivity index (χ1n) is 5.35. The number of nitrogens with two attached hydrogens (primary N) is 1. The maximum Gasteiger partial charge on any atom is 0.243 e. The van der Waals surface area contributed by atoms with Crippen LogP contribution >= 0.6 is 23.7 Å². The second kappa shape index (κ2) is 6.33. The lowest BCUT2D eigenvalue weighted by atomic mass is 9.87. The summed E-state index contributed by atoms with van der Waals surface area (Å²) in [5.74, 6) is -0.176. The number of hydrogen-bond acceptors (Lipinski definition) is 4. The Morgan fingerprint density at radius 2 is 2.18 bits per heavy atom. The number of nitrogens with one attached hydrogen (secondary N) is 1. The normalized spacial score (nSPS) is 12.8. The Labute approximate surface area is 112 Å². The molecule has 0 saturated carbocycles. The molecule has 0 unspecified atom stereocenters. The average Bonchev–Trinajstić information content (AvgIpc) is 2.63. The molecule has 1 aromatic heterocycles. The van der Waals surface area contributed by atoms with Crippen LogP contribution in [-0.2, 0) is 11.2 Å². The lowest BCUT2D eigenvalue weighted by Crippen LogP contribution is -2.45. The molecule has 98 valence electrons. The van der Waals surface area contributed by atoms with Crippen molar-refractivity contribution in [1.29, 1.82) is 0 Å². The summed E-state index contributed by atoms with van der Waals surface area (Å²) in [7, 11) is 0. The Hall–Kier alpha value is -0.650. The number of thiazole rings is 1. The van der Waals surface area contributed by atoms with Gasteiger partial charge in [0.1, 0.15) is 0 Å². The van der Waals surface area contributed by atoms with Gasteiger partial charge < -0.3 is 11.1 Å². The molecule has 0 saturated heterocycles. The fourth-order valence-electron chi connectivity index (χ4n) is 1.11. The Morgan fingerprint density at radius 3 is 2.59 bits per heavy atom. The van der Waals surface area contributed by atoms with E-state index in [2.05, 4.69) is 17.2 Å². The van der Waals surface area contributed by atoms with Crippen LogP contribution in [0.1, 0.15) is 32.6 Å². The number of rotatable bonds is 3. The van der Waals surface area contributed by atoms with Crippen LogP contribution in [-0.4, -0.2) is 16.9 Å². The molecule has 1 rings (SSSR count). The van der Waals surface area contributed by atoms with E-state index in [-0.39, 0.29) is 23.7 Å². The number of aromatic nitrogens is 1. The zero-order valence-electron chi connectivity index (χ0n) is 10.6. The molecule has 1 aromatic rings. The van der Waals surface area contributed by atoms with E-state index in [9.17, 15) is 4.79 Å². The van der Waals surface area contributed by atoms with Crippen LogP contribution < -0.4 is 11.1 Å². The van der Waals surface area contributed by atoms with Gasteiger partial charge in [-0.2, -0.15) is 0 Å². The number of hydrogen-bond donors (Lipinski definition) is 2. The van der Waals surface area contributed by atoms with Crippen LogP contribution in [0, 0.1) is 5.41 Å². The Balaban J connectivity index is 0.00000256. The highest BCUT2D eigenvalue weighted by Gasteiger charge is 2.27. The number of halogens is 1.